The number of hydrogen-bond acceptors (Lipinski definition) is 2. The van der Waals surface area contributed by atoms with Crippen molar-refractivity contribution in [1.82, 2.24) is 0 Å². The molecule has 0 unspecified atom stereocenters. The maximum atomic E-state index is 9.16. The van der Waals surface area contributed by atoms with Gasteiger partial charge in [0.05, 0.1) is 0 Å². The first kappa shape index (κ1) is 18.8. The normalized spacial score (nSPS) is 12.6. The largest absolute Gasteiger partial charge is 0.317 e. The second kappa shape index (κ2) is 6.47. The van der Waals surface area contributed by atoms with E-state index in [0.717, 1.165) is 0 Å². The molecular weight excluding hydrogens is 303 g/mol. The summed E-state index contributed by atoms with van der Waals surface area (Å²) in [5.74, 6) is 0. The van der Waals surface area contributed by atoms with Crippen LogP contribution in [0.2, 0.25) is 0 Å². The molecular formula is C14H22Cl2O2S. The standard InChI is InChI=1S/C14H22.Cl2O2S/c1-13(2,3)11-8-7-9-12(10-11)14(4,5)6;1-5(2,3)4/h7-10H,1-6H3;. The molecule has 0 aliphatic heterocycles. The molecule has 2 nitrogen and oxygen atoms in total. The summed E-state index contributed by atoms with van der Waals surface area (Å²) in [5.41, 5.74) is 3.34. The Bertz CT molecular complexity index is 472. The summed E-state index contributed by atoms with van der Waals surface area (Å²) >= 11 is 0. The van der Waals surface area contributed by atoms with Crippen LogP contribution in [-0.4, -0.2) is 8.42 Å². The summed E-state index contributed by atoms with van der Waals surface area (Å²) in [7, 11) is 4.81. The highest BCUT2D eigenvalue weighted by Gasteiger charge is 2.18. The summed E-state index contributed by atoms with van der Waals surface area (Å²) < 4.78 is 18.3. The van der Waals surface area contributed by atoms with Crippen molar-refractivity contribution in [2.75, 3.05) is 0 Å². The van der Waals surface area contributed by atoms with Gasteiger partial charge in [-0.25, -0.2) is 0 Å². The highest BCUT2D eigenvalue weighted by molar-refractivity contribution is 8.31. The Hall–Kier alpha value is -0.250. The van der Waals surface area contributed by atoms with Crippen LogP contribution in [0.4, 0.5) is 0 Å². The van der Waals surface area contributed by atoms with Gasteiger partial charge in [0.1, 0.15) is 0 Å². The summed E-state index contributed by atoms with van der Waals surface area (Å²) in [4.78, 5) is 0. The van der Waals surface area contributed by atoms with E-state index in [9.17, 15) is 0 Å². The molecule has 19 heavy (non-hydrogen) atoms. The van der Waals surface area contributed by atoms with Crippen molar-refractivity contribution in [3.63, 3.8) is 0 Å². The van der Waals surface area contributed by atoms with Gasteiger partial charge in [0.2, 0.25) is 0 Å². The van der Waals surface area contributed by atoms with Gasteiger partial charge in [-0.1, -0.05) is 65.8 Å². The molecule has 1 aromatic carbocycles. The molecule has 1 rings (SSSR count). The van der Waals surface area contributed by atoms with Gasteiger partial charge in [0.15, 0.2) is 0 Å². The minimum Gasteiger partial charge on any atom is -0.195 e. The molecule has 0 spiro atoms. The van der Waals surface area contributed by atoms with Crippen LogP contribution in [0.5, 0.6) is 0 Å². The van der Waals surface area contributed by atoms with Crippen LogP contribution in [0.3, 0.4) is 0 Å². The third kappa shape index (κ3) is 9.31. The highest BCUT2D eigenvalue weighted by Crippen LogP contribution is 2.28. The van der Waals surface area contributed by atoms with Gasteiger partial charge >= 0.3 is 8.26 Å². The van der Waals surface area contributed by atoms with Gasteiger partial charge in [0, 0.05) is 21.4 Å². The summed E-state index contributed by atoms with van der Waals surface area (Å²) in [5, 5.41) is 0. The molecule has 110 valence electrons. The molecule has 0 radical (unpaired) electrons. The average Bonchev–Trinajstić information content (AvgIpc) is 2.12. The van der Waals surface area contributed by atoms with Crippen LogP contribution in [0.1, 0.15) is 52.7 Å². The second-order valence-corrected chi connectivity index (χ2v) is 10.1. The maximum absolute atomic E-state index is 9.16. The van der Waals surface area contributed by atoms with Crippen LogP contribution >= 0.6 is 21.4 Å². The summed E-state index contributed by atoms with van der Waals surface area (Å²) in [6.45, 7) is 13.6. The van der Waals surface area contributed by atoms with Crippen molar-refractivity contribution < 1.29 is 8.42 Å². The fraction of sp³-hybridized carbons (Fsp3) is 0.571. The molecule has 0 aliphatic carbocycles. The lowest BCUT2D eigenvalue weighted by Crippen LogP contribution is -2.15. The van der Waals surface area contributed by atoms with Crippen molar-refractivity contribution in [1.29, 1.82) is 0 Å². The number of benzene rings is 1. The highest BCUT2D eigenvalue weighted by atomic mass is 36.0. The number of halogens is 2. The van der Waals surface area contributed by atoms with Gasteiger partial charge in [0.25, 0.3) is 0 Å². The second-order valence-electron chi connectivity index (χ2n) is 6.46. The maximum Gasteiger partial charge on any atom is 0.317 e. The molecule has 0 saturated carbocycles. The average molecular weight is 325 g/mol. The Kier molecular flexibility index (Phi) is 6.38. The van der Waals surface area contributed by atoms with Gasteiger partial charge in [-0.05, 0) is 22.0 Å². The van der Waals surface area contributed by atoms with E-state index in [1.165, 1.54) is 11.1 Å². The third-order valence-electron chi connectivity index (χ3n) is 2.59. The topological polar surface area (TPSA) is 34.1 Å². The molecule has 0 aromatic heterocycles. The lowest BCUT2D eigenvalue weighted by Gasteiger charge is -2.24. The smallest absolute Gasteiger partial charge is 0.195 e. The van der Waals surface area contributed by atoms with Crippen molar-refractivity contribution in [3.05, 3.63) is 35.4 Å². The Labute approximate surface area is 126 Å². The van der Waals surface area contributed by atoms with Gasteiger partial charge in [-0.15, -0.1) is 0 Å². The van der Waals surface area contributed by atoms with E-state index in [1.807, 2.05) is 0 Å². The van der Waals surface area contributed by atoms with Crippen molar-refractivity contribution >= 4 is 29.6 Å². The van der Waals surface area contributed by atoms with Crippen molar-refractivity contribution in [2.24, 2.45) is 0 Å². The van der Waals surface area contributed by atoms with E-state index in [0.29, 0.717) is 0 Å². The molecule has 0 N–H and O–H groups in total. The van der Waals surface area contributed by atoms with Gasteiger partial charge in [-0.2, -0.15) is 8.42 Å². The van der Waals surface area contributed by atoms with Crippen LogP contribution < -0.4 is 0 Å². The zero-order chi connectivity index (χ0) is 15.5. The molecule has 0 aliphatic rings. The molecule has 0 saturated heterocycles. The Morgan fingerprint density at radius 3 is 1.32 bits per heavy atom. The predicted octanol–water partition coefficient (Wildman–Crippen LogP) is 4.99. The molecule has 0 bridgehead atoms. The number of hydrogen-bond donors (Lipinski definition) is 0. The zero-order valence-electron chi connectivity index (χ0n) is 12.3. The van der Waals surface area contributed by atoms with Crippen LogP contribution in [0, 0.1) is 0 Å². The van der Waals surface area contributed by atoms with Crippen molar-refractivity contribution in [2.45, 2.75) is 52.4 Å². The van der Waals surface area contributed by atoms with Crippen molar-refractivity contribution in [3.8, 4) is 0 Å². The minimum atomic E-state index is -3.72. The Morgan fingerprint density at radius 1 is 0.842 bits per heavy atom. The lowest BCUT2D eigenvalue weighted by molar-refractivity contribution is 0.568. The first-order valence-corrected chi connectivity index (χ1v) is 9.10. The zero-order valence-corrected chi connectivity index (χ0v) is 14.6. The molecule has 0 amide bonds. The Morgan fingerprint density at radius 2 is 1.11 bits per heavy atom. The monoisotopic (exact) mass is 324 g/mol. The van der Waals surface area contributed by atoms with E-state index in [4.69, 9.17) is 8.42 Å². The van der Waals surface area contributed by atoms with E-state index in [2.05, 4.69) is 87.2 Å². The molecule has 1 aromatic rings. The third-order valence-corrected chi connectivity index (χ3v) is 2.59. The van der Waals surface area contributed by atoms with E-state index in [1.54, 1.807) is 0 Å². The van der Waals surface area contributed by atoms with Crippen LogP contribution in [0.15, 0.2) is 24.3 Å². The summed E-state index contributed by atoms with van der Waals surface area (Å²) in [6, 6.07) is 8.94. The predicted molar refractivity (Wildman–Crippen MR) is 84.5 cm³/mol. The number of rotatable bonds is 0. The fourth-order valence-electron chi connectivity index (χ4n) is 1.45. The summed E-state index contributed by atoms with van der Waals surface area (Å²) in [6.07, 6.45) is 0. The van der Waals surface area contributed by atoms with E-state index in [-0.39, 0.29) is 10.8 Å². The fourth-order valence-corrected chi connectivity index (χ4v) is 1.45. The van der Waals surface area contributed by atoms with Crippen LogP contribution in [0.25, 0.3) is 0 Å². The van der Waals surface area contributed by atoms with Gasteiger partial charge in [-0.3, -0.25) is 0 Å². The van der Waals surface area contributed by atoms with E-state index >= 15 is 0 Å². The first-order chi connectivity index (χ1) is 8.21. The molecule has 5 heteroatoms. The lowest BCUT2D eigenvalue weighted by atomic mass is 9.81. The minimum absolute atomic E-state index is 0.251. The SMILES string of the molecule is CC(C)(C)c1cccc(C(C)(C)C)c1.O=S(=O)(Cl)Cl. The molecule has 0 atom stereocenters. The first-order valence-electron chi connectivity index (χ1n) is 5.96. The Balaban J connectivity index is 0.000000555. The van der Waals surface area contributed by atoms with Crippen LogP contribution in [-0.2, 0) is 19.1 Å². The molecule has 0 heterocycles. The molecule has 0 fully saturated rings. The van der Waals surface area contributed by atoms with Gasteiger partial charge < -0.3 is 0 Å². The quantitative estimate of drug-likeness (QED) is 0.630. The van der Waals surface area contributed by atoms with E-state index < -0.39 is 8.26 Å².